The normalized spacial score (nSPS) is 20.4. The molecule has 6 rings (SSSR count). The molecule has 0 aliphatic carbocycles. The van der Waals surface area contributed by atoms with Crippen molar-refractivity contribution in [3.63, 3.8) is 0 Å². The smallest absolute Gasteiger partial charge is 0.301 e. The number of urea groups is 1. The highest BCUT2D eigenvalue weighted by atomic mass is 32.1. The fourth-order valence-electron chi connectivity index (χ4n) is 5.58. The van der Waals surface area contributed by atoms with E-state index in [0.717, 1.165) is 26.0 Å². The Bertz CT molecular complexity index is 1510. The van der Waals surface area contributed by atoms with Gasteiger partial charge in [0.1, 0.15) is 10.6 Å². The maximum atomic E-state index is 12.7. The molecule has 7 heteroatoms. The Kier molecular flexibility index (Phi) is 4.31. The first-order valence-corrected chi connectivity index (χ1v) is 12.4. The van der Waals surface area contributed by atoms with Gasteiger partial charge in [0.05, 0.1) is 11.4 Å². The summed E-state index contributed by atoms with van der Waals surface area (Å²) in [5.41, 5.74) is 6.81. The maximum Gasteiger partial charge on any atom is 0.331 e. The number of carbonyl (C=O) groups is 3. The van der Waals surface area contributed by atoms with Gasteiger partial charge in [-0.2, -0.15) is 0 Å². The van der Waals surface area contributed by atoms with Crippen LogP contribution in [-0.4, -0.2) is 29.8 Å². The number of thiophene rings is 1. The number of benzene rings is 2. The fraction of sp³-hybridized carbons (Fsp3) is 0.250. The quantitative estimate of drug-likeness (QED) is 0.362. The predicted molar refractivity (Wildman–Crippen MR) is 138 cm³/mol. The number of carbonyl (C=O) groups excluding carboxylic acids is 3. The summed E-state index contributed by atoms with van der Waals surface area (Å²) in [6.45, 7) is 9.00. The van der Waals surface area contributed by atoms with E-state index in [4.69, 9.17) is 0 Å². The number of likely N-dealkylation sites (N-methyl/N-ethyl adjacent to an activating group) is 1. The summed E-state index contributed by atoms with van der Waals surface area (Å²) in [5.74, 6) is -1.26. The zero-order valence-electron chi connectivity index (χ0n) is 20.2. The molecule has 0 unspecified atom stereocenters. The Balaban J connectivity index is 1.59. The Hall–Kier alpha value is -3.71. The van der Waals surface area contributed by atoms with Gasteiger partial charge in [-0.25, -0.2) is 4.79 Å². The average molecular weight is 484 g/mol. The average Bonchev–Trinajstić information content (AvgIpc) is 3.25. The Labute approximate surface area is 207 Å². The first-order valence-electron chi connectivity index (χ1n) is 11.6. The molecule has 3 aliphatic rings. The van der Waals surface area contributed by atoms with Crippen molar-refractivity contribution < 1.29 is 14.4 Å². The van der Waals surface area contributed by atoms with Crippen LogP contribution in [0.15, 0.2) is 54.1 Å². The van der Waals surface area contributed by atoms with Gasteiger partial charge in [-0.05, 0) is 40.5 Å². The summed E-state index contributed by atoms with van der Waals surface area (Å²) < 4.78 is 0. The monoisotopic (exact) mass is 483 g/mol. The van der Waals surface area contributed by atoms with Crippen LogP contribution >= 0.6 is 11.3 Å². The van der Waals surface area contributed by atoms with E-state index >= 15 is 0 Å². The number of amides is 4. The van der Waals surface area contributed by atoms with Crippen LogP contribution in [-0.2, 0) is 20.4 Å². The van der Waals surface area contributed by atoms with Crippen LogP contribution in [0.5, 0.6) is 0 Å². The van der Waals surface area contributed by atoms with E-state index in [9.17, 15) is 14.4 Å². The maximum absolute atomic E-state index is 12.7. The highest BCUT2D eigenvalue weighted by molar-refractivity contribution is 7.17. The molecule has 0 atom stereocenters. The summed E-state index contributed by atoms with van der Waals surface area (Å²) >= 11 is 1.55. The lowest BCUT2D eigenvalue weighted by Crippen LogP contribution is -2.52. The molecule has 3 aliphatic heterocycles. The number of fused-ring (bicyclic) bond motifs is 4. The molecule has 3 aromatic rings. The van der Waals surface area contributed by atoms with Crippen molar-refractivity contribution in [2.75, 3.05) is 11.9 Å². The van der Waals surface area contributed by atoms with Crippen molar-refractivity contribution in [2.45, 2.75) is 38.5 Å². The second kappa shape index (κ2) is 6.92. The molecule has 1 saturated heterocycles. The Morgan fingerprint density at radius 1 is 0.857 bits per heavy atom. The third-order valence-corrected chi connectivity index (χ3v) is 8.69. The van der Waals surface area contributed by atoms with Crippen molar-refractivity contribution in [1.29, 1.82) is 0 Å². The number of rotatable bonds is 1. The minimum atomic E-state index is -0.709. The predicted octanol–water partition coefficient (Wildman–Crippen LogP) is 5.59. The summed E-state index contributed by atoms with van der Waals surface area (Å²) in [4.78, 5) is 41.0. The number of hydrogen-bond acceptors (Lipinski definition) is 5. The largest absolute Gasteiger partial charge is 0.331 e. The molecule has 176 valence electrons. The van der Waals surface area contributed by atoms with E-state index in [2.05, 4.69) is 86.4 Å². The van der Waals surface area contributed by atoms with Crippen molar-refractivity contribution in [1.82, 2.24) is 10.2 Å². The SMILES string of the molecule is CN1C(=O)NC(=O)/C(=C\c2cc3c(s2)N2c4ccccc4C(C)(C)c4cccc(c42)C3(C)C)C1=O. The molecule has 0 spiro atoms. The van der Waals surface area contributed by atoms with Crippen LogP contribution < -0.4 is 10.2 Å². The minimum absolute atomic E-state index is 0.0399. The van der Waals surface area contributed by atoms with Gasteiger partial charge in [0.2, 0.25) is 0 Å². The molecule has 1 N–H and O–H groups in total. The van der Waals surface area contributed by atoms with Crippen molar-refractivity contribution >= 4 is 51.6 Å². The molecular weight excluding hydrogens is 458 g/mol. The van der Waals surface area contributed by atoms with E-state index in [1.54, 1.807) is 17.4 Å². The second-order valence-corrected chi connectivity index (χ2v) is 11.4. The molecule has 2 aromatic carbocycles. The molecule has 0 saturated carbocycles. The van der Waals surface area contributed by atoms with Gasteiger partial charge in [-0.1, -0.05) is 64.1 Å². The topological polar surface area (TPSA) is 69.7 Å². The van der Waals surface area contributed by atoms with Gasteiger partial charge < -0.3 is 4.90 Å². The van der Waals surface area contributed by atoms with Gasteiger partial charge in [-0.15, -0.1) is 11.3 Å². The first kappa shape index (κ1) is 21.8. The van der Waals surface area contributed by atoms with Crippen LogP contribution in [0.3, 0.4) is 0 Å². The third-order valence-electron chi connectivity index (χ3n) is 7.62. The lowest BCUT2D eigenvalue weighted by molar-refractivity contribution is -0.129. The molecule has 6 nitrogen and oxygen atoms in total. The van der Waals surface area contributed by atoms with Crippen LogP contribution in [0, 0.1) is 0 Å². The molecule has 1 aromatic heterocycles. The molecule has 0 radical (unpaired) electrons. The Morgan fingerprint density at radius 2 is 1.49 bits per heavy atom. The van der Waals surface area contributed by atoms with Crippen LogP contribution in [0.25, 0.3) is 6.08 Å². The van der Waals surface area contributed by atoms with Gasteiger partial charge in [0, 0.05) is 22.8 Å². The number of nitrogens with zero attached hydrogens (tertiary/aromatic N) is 2. The molecule has 1 fully saturated rings. The zero-order valence-corrected chi connectivity index (χ0v) is 21.0. The number of para-hydroxylation sites is 2. The summed E-state index contributed by atoms with van der Waals surface area (Å²) in [5, 5.41) is 3.31. The van der Waals surface area contributed by atoms with E-state index in [1.807, 2.05) is 0 Å². The zero-order chi connectivity index (χ0) is 24.9. The number of barbiturate groups is 1. The molecular formula is C28H25N3O3S. The number of imide groups is 2. The first-order chi connectivity index (χ1) is 16.5. The Morgan fingerprint density at radius 3 is 2.20 bits per heavy atom. The molecule has 0 bridgehead atoms. The summed E-state index contributed by atoms with van der Waals surface area (Å²) in [6.07, 6.45) is 1.60. The molecule has 4 amide bonds. The van der Waals surface area contributed by atoms with Crippen molar-refractivity contribution in [2.24, 2.45) is 0 Å². The van der Waals surface area contributed by atoms with E-state index < -0.39 is 17.8 Å². The van der Waals surface area contributed by atoms with Gasteiger partial charge >= 0.3 is 6.03 Å². The van der Waals surface area contributed by atoms with Gasteiger partial charge in [0.25, 0.3) is 11.8 Å². The van der Waals surface area contributed by atoms with Crippen LogP contribution in [0.4, 0.5) is 21.2 Å². The highest BCUT2D eigenvalue weighted by Crippen LogP contribution is 2.61. The van der Waals surface area contributed by atoms with Gasteiger partial charge in [0.15, 0.2) is 0 Å². The van der Waals surface area contributed by atoms with E-state index in [1.165, 1.54) is 29.4 Å². The van der Waals surface area contributed by atoms with Crippen LogP contribution in [0.2, 0.25) is 0 Å². The fourth-order valence-corrected chi connectivity index (χ4v) is 6.87. The standard InChI is InChI=1S/C28H25N3O3S/c1-27(2)17-9-6-7-12-21(17)31-22-18(27)10-8-11-19(22)28(3,4)20-14-15(35-25(20)31)13-16-23(32)29-26(34)30(5)24(16)33/h6-14H,1-5H3,(H,29,32,34)/b16-13+. The highest BCUT2D eigenvalue weighted by Gasteiger charge is 2.46. The molecule has 4 heterocycles. The summed E-state index contributed by atoms with van der Waals surface area (Å²) in [7, 11) is 1.37. The van der Waals surface area contributed by atoms with Crippen molar-refractivity contribution in [3.05, 3.63) is 81.2 Å². The lowest BCUT2D eigenvalue weighted by atomic mass is 9.67. The van der Waals surface area contributed by atoms with E-state index in [-0.39, 0.29) is 16.4 Å². The van der Waals surface area contributed by atoms with Crippen LogP contribution in [0.1, 0.15) is 54.8 Å². The number of nitrogens with one attached hydrogen (secondary N) is 1. The number of hydrogen-bond donors (Lipinski definition) is 1. The third kappa shape index (κ3) is 2.79. The van der Waals surface area contributed by atoms with Gasteiger partial charge in [-0.3, -0.25) is 19.8 Å². The minimum Gasteiger partial charge on any atom is -0.301 e. The summed E-state index contributed by atoms with van der Waals surface area (Å²) in [6, 6.07) is 16.4. The number of anilines is 3. The van der Waals surface area contributed by atoms with E-state index in [0.29, 0.717) is 0 Å². The van der Waals surface area contributed by atoms with Crippen molar-refractivity contribution in [3.8, 4) is 0 Å². The lowest BCUT2D eigenvalue weighted by Gasteiger charge is -2.48. The second-order valence-electron chi connectivity index (χ2n) is 10.4. The molecule has 35 heavy (non-hydrogen) atoms.